The Labute approximate surface area is 221 Å². The van der Waals surface area contributed by atoms with E-state index >= 15 is 0 Å². The molecular weight excluding hydrogens is 505 g/mol. The van der Waals surface area contributed by atoms with Crippen molar-refractivity contribution in [3.8, 4) is 16.9 Å². The average Bonchev–Trinajstić information content (AvgIpc) is 3.55. The molecule has 3 aromatic carbocycles. The van der Waals surface area contributed by atoms with Gasteiger partial charge in [-0.1, -0.05) is 65.6 Å². The van der Waals surface area contributed by atoms with E-state index in [4.69, 9.17) is 0 Å². The summed E-state index contributed by atoms with van der Waals surface area (Å²) in [7, 11) is 0. The SMILES string of the molecule is Cc1ccccc1CSc1nnc(NC(=O)/C=C/c2cn(-c3ccccc3)nc2-c2ccc(F)cc2)s1. The lowest BCUT2D eigenvalue weighted by molar-refractivity contribution is -0.111. The third-order valence-electron chi connectivity index (χ3n) is 5.54. The van der Waals surface area contributed by atoms with Crippen LogP contribution in [-0.4, -0.2) is 25.9 Å². The summed E-state index contributed by atoms with van der Waals surface area (Å²) < 4.78 is 16.0. The second-order valence-electron chi connectivity index (χ2n) is 8.13. The van der Waals surface area contributed by atoms with E-state index in [1.165, 1.54) is 40.7 Å². The van der Waals surface area contributed by atoms with Gasteiger partial charge in [-0.2, -0.15) is 5.10 Å². The number of carbonyl (C=O) groups is 1. The number of hydrogen-bond acceptors (Lipinski definition) is 6. The number of carbonyl (C=O) groups excluding carboxylic acids is 1. The van der Waals surface area contributed by atoms with Crippen LogP contribution in [-0.2, 0) is 10.5 Å². The van der Waals surface area contributed by atoms with Crippen LogP contribution < -0.4 is 5.32 Å². The highest BCUT2D eigenvalue weighted by molar-refractivity contribution is 8.00. The Balaban J connectivity index is 1.30. The fraction of sp³-hybridized carbons (Fsp3) is 0.0714. The lowest BCUT2D eigenvalue weighted by Gasteiger charge is -2.02. The Morgan fingerprint density at radius 1 is 1.03 bits per heavy atom. The molecule has 37 heavy (non-hydrogen) atoms. The molecule has 0 unspecified atom stereocenters. The number of nitrogens with zero attached hydrogens (tertiary/aromatic N) is 4. The second-order valence-corrected chi connectivity index (χ2v) is 10.3. The molecule has 1 N–H and O–H groups in total. The first-order valence-corrected chi connectivity index (χ1v) is 13.3. The van der Waals surface area contributed by atoms with E-state index in [1.54, 1.807) is 34.7 Å². The number of rotatable bonds is 8. The Kier molecular flexibility index (Phi) is 7.53. The maximum Gasteiger partial charge on any atom is 0.250 e. The van der Waals surface area contributed by atoms with E-state index in [1.807, 2.05) is 48.7 Å². The maximum atomic E-state index is 13.5. The van der Waals surface area contributed by atoms with Crippen molar-refractivity contribution in [1.29, 1.82) is 0 Å². The van der Waals surface area contributed by atoms with Crippen molar-refractivity contribution in [3.05, 3.63) is 114 Å². The van der Waals surface area contributed by atoms with Crippen molar-refractivity contribution < 1.29 is 9.18 Å². The van der Waals surface area contributed by atoms with Crippen molar-refractivity contribution in [2.45, 2.75) is 17.0 Å². The van der Waals surface area contributed by atoms with Gasteiger partial charge in [0, 0.05) is 29.2 Å². The van der Waals surface area contributed by atoms with Gasteiger partial charge in [0.1, 0.15) is 5.82 Å². The highest BCUT2D eigenvalue weighted by atomic mass is 32.2. The highest BCUT2D eigenvalue weighted by Gasteiger charge is 2.12. The normalized spacial score (nSPS) is 11.2. The first kappa shape index (κ1) is 24.6. The average molecular weight is 528 g/mol. The molecule has 2 heterocycles. The van der Waals surface area contributed by atoms with Gasteiger partial charge in [-0.3, -0.25) is 10.1 Å². The Bertz CT molecular complexity index is 1540. The van der Waals surface area contributed by atoms with E-state index < -0.39 is 0 Å². The molecule has 5 rings (SSSR count). The molecule has 0 aliphatic carbocycles. The summed E-state index contributed by atoms with van der Waals surface area (Å²) in [5, 5.41) is 16.2. The molecule has 0 aliphatic rings. The van der Waals surface area contributed by atoms with Gasteiger partial charge >= 0.3 is 0 Å². The monoisotopic (exact) mass is 527 g/mol. The Morgan fingerprint density at radius 3 is 2.57 bits per heavy atom. The van der Waals surface area contributed by atoms with Gasteiger partial charge in [-0.05, 0) is 60.5 Å². The number of hydrogen-bond donors (Lipinski definition) is 1. The molecule has 0 bridgehead atoms. The number of para-hydroxylation sites is 1. The van der Waals surface area contributed by atoms with Gasteiger partial charge < -0.3 is 0 Å². The van der Waals surface area contributed by atoms with E-state index in [2.05, 4.69) is 39.7 Å². The van der Waals surface area contributed by atoms with Crippen molar-refractivity contribution in [2.75, 3.05) is 5.32 Å². The molecule has 184 valence electrons. The molecule has 0 aliphatic heterocycles. The first-order chi connectivity index (χ1) is 18.0. The predicted octanol–water partition coefficient (Wildman–Crippen LogP) is 6.78. The molecule has 0 atom stereocenters. The van der Waals surface area contributed by atoms with Crippen molar-refractivity contribution >= 4 is 40.2 Å². The molecule has 0 saturated heterocycles. The van der Waals surface area contributed by atoms with Gasteiger partial charge in [0.25, 0.3) is 0 Å². The van der Waals surface area contributed by atoms with Crippen LogP contribution in [0.4, 0.5) is 9.52 Å². The second kappa shape index (κ2) is 11.3. The number of thioether (sulfide) groups is 1. The highest BCUT2D eigenvalue weighted by Crippen LogP contribution is 2.29. The summed E-state index contributed by atoms with van der Waals surface area (Å²) in [6, 6.07) is 24.0. The van der Waals surface area contributed by atoms with E-state index in [-0.39, 0.29) is 11.7 Å². The number of aromatic nitrogens is 4. The molecule has 2 aromatic heterocycles. The zero-order chi connectivity index (χ0) is 25.6. The fourth-order valence-electron chi connectivity index (χ4n) is 3.60. The smallest absolute Gasteiger partial charge is 0.250 e. The van der Waals surface area contributed by atoms with Crippen LogP contribution in [0.2, 0.25) is 0 Å². The number of aryl methyl sites for hydroxylation is 1. The molecule has 1 amide bonds. The molecule has 9 heteroatoms. The van der Waals surface area contributed by atoms with Crippen LogP contribution in [0.5, 0.6) is 0 Å². The van der Waals surface area contributed by atoms with Gasteiger partial charge in [-0.15, -0.1) is 10.2 Å². The predicted molar refractivity (Wildman–Crippen MR) is 147 cm³/mol. The fourth-order valence-corrected chi connectivity index (χ4v) is 5.43. The summed E-state index contributed by atoms with van der Waals surface area (Å²) in [6.45, 7) is 2.08. The first-order valence-electron chi connectivity index (χ1n) is 11.5. The Hall–Kier alpha value is -4.08. The number of amides is 1. The topological polar surface area (TPSA) is 72.7 Å². The number of anilines is 1. The van der Waals surface area contributed by atoms with Crippen LogP contribution in [0.1, 0.15) is 16.7 Å². The molecule has 0 saturated carbocycles. The zero-order valence-corrected chi connectivity index (χ0v) is 21.5. The van der Waals surface area contributed by atoms with E-state index in [0.717, 1.165) is 26.9 Å². The third-order valence-corrected chi connectivity index (χ3v) is 7.57. The van der Waals surface area contributed by atoms with Crippen LogP contribution >= 0.6 is 23.1 Å². The minimum Gasteiger partial charge on any atom is -0.297 e. The minimum absolute atomic E-state index is 0.323. The molecule has 0 fully saturated rings. The summed E-state index contributed by atoms with van der Waals surface area (Å²) in [5.41, 5.74) is 5.45. The number of nitrogens with one attached hydrogen (secondary N) is 1. The van der Waals surface area contributed by atoms with Crippen LogP contribution in [0.25, 0.3) is 23.0 Å². The van der Waals surface area contributed by atoms with Gasteiger partial charge in [0.05, 0.1) is 11.4 Å². The van der Waals surface area contributed by atoms with Gasteiger partial charge in [0.15, 0.2) is 4.34 Å². The van der Waals surface area contributed by atoms with Crippen LogP contribution in [0.3, 0.4) is 0 Å². The quantitative estimate of drug-likeness (QED) is 0.137. The lowest BCUT2D eigenvalue weighted by Crippen LogP contribution is -2.07. The summed E-state index contributed by atoms with van der Waals surface area (Å²) in [4.78, 5) is 12.6. The molecule has 0 radical (unpaired) electrons. The Morgan fingerprint density at radius 2 is 1.78 bits per heavy atom. The van der Waals surface area contributed by atoms with Crippen molar-refractivity contribution in [2.24, 2.45) is 0 Å². The van der Waals surface area contributed by atoms with Crippen LogP contribution in [0, 0.1) is 12.7 Å². The molecule has 0 spiro atoms. The standard InChI is InChI=1S/C28H22FN5OS2/c1-19-7-5-6-8-22(19)18-36-28-32-31-27(37-28)30-25(35)16-13-21-17-34(24-9-3-2-4-10-24)33-26(21)20-11-14-23(29)15-12-20/h2-17H,18H2,1H3,(H,30,31,35)/b16-13+. The molecular formula is C28H22FN5OS2. The number of benzene rings is 3. The third kappa shape index (κ3) is 6.19. The van der Waals surface area contributed by atoms with Crippen LogP contribution in [0.15, 0.2) is 95.5 Å². The van der Waals surface area contributed by atoms with E-state index in [9.17, 15) is 9.18 Å². The summed E-state index contributed by atoms with van der Waals surface area (Å²) >= 11 is 2.92. The number of halogens is 1. The molecule has 5 aromatic rings. The van der Waals surface area contributed by atoms with E-state index in [0.29, 0.717) is 10.8 Å². The zero-order valence-electron chi connectivity index (χ0n) is 19.8. The molecule has 6 nitrogen and oxygen atoms in total. The largest absolute Gasteiger partial charge is 0.297 e. The summed E-state index contributed by atoms with van der Waals surface area (Å²) in [6.07, 6.45) is 4.96. The van der Waals surface area contributed by atoms with Gasteiger partial charge in [-0.25, -0.2) is 9.07 Å². The minimum atomic E-state index is -0.330. The maximum absolute atomic E-state index is 13.5. The van der Waals surface area contributed by atoms with Crippen molar-refractivity contribution in [3.63, 3.8) is 0 Å². The summed E-state index contributed by atoms with van der Waals surface area (Å²) in [5.74, 6) is 0.132. The van der Waals surface area contributed by atoms with Crippen molar-refractivity contribution in [1.82, 2.24) is 20.0 Å². The lowest BCUT2D eigenvalue weighted by atomic mass is 10.1. The van der Waals surface area contributed by atoms with Gasteiger partial charge in [0.2, 0.25) is 11.0 Å².